The maximum absolute atomic E-state index is 12.3. The molecule has 0 radical (unpaired) electrons. The van der Waals surface area contributed by atoms with E-state index in [-0.39, 0.29) is 5.91 Å². The van der Waals surface area contributed by atoms with Gasteiger partial charge >= 0.3 is 0 Å². The predicted molar refractivity (Wildman–Crippen MR) is 96.5 cm³/mol. The molecule has 132 valence electrons. The second-order valence-electron chi connectivity index (χ2n) is 5.99. The Balaban J connectivity index is 1.43. The van der Waals surface area contributed by atoms with Gasteiger partial charge in [0.2, 0.25) is 0 Å². The Morgan fingerprint density at radius 2 is 2.12 bits per heavy atom. The number of aromatic nitrogens is 6. The van der Waals surface area contributed by atoms with Crippen molar-refractivity contribution < 1.29 is 4.79 Å². The van der Waals surface area contributed by atoms with Crippen molar-refractivity contribution in [2.24, 2.45) is 0 Å². The van der Waals surface area contributed by atoms with E-state index in [1.807, 2.05) is 40.3 Å². The van der Waals surface area contributed by atoms with Crippen LogP contribution in [0.3, 0.4) is 0 Å². The molecule has 0 bridgehead atoms. The molecule has 0 aliphatic heterocycles. The lowest BCUT2D eigenvalue weighted by Crippen LogP contribution is -2.24. The molecule has 0 saturated carbocycles. The number of fused-ring (bicyclic) bond motifs is 1. The number of hydrogen-bond acceptors (Lipinski definition) is 4. The summed E-state index contributed by atoms with van der Waals surface area (Å²) in [6.07, 6.45) is 5.30. The van der Waals surface area contributed by atoms with Crippen molar-refractivity contribution in [3.63, 3.8) is 0 Å². The highest BCUT2D eigenvalue weighted by atomic mass is 16.1. The van der Waals surface area contributed by atoms with Gasteiger partial charge in [-0.1, -0.05) is 12.1 Å². The monoisotopic (exact) mass is 349 g/mol. The van der Waals surface area contributed by atoms with Gasteiger partial charge in [0.15, 0.2) is 0 Å². The van der Waals surface area contributed by atoms with E-state index in [0.717, 1.165) is 29.0 Å². The molecule has 1 amide bonds. The summed E-state index contributed by atoms with van der Waals surface area (Å²) in [5.41, 5.74) is 4.16. The molecular weight excluding hydrogens is 330 g/mol. The number of benzene rings is 1. The average Bonchev–Trinajstić information content (AvgIpc) is 3.40. The Labute approximate surface area is 149 Å². The molecule has 4 rings (SSSR count). The number of H-pyrrole nitrogens is 1. The minimum atomic E-state index is -0.216. The molecular formula is C18H19N7O. The SMILES string of the molecule is CCn1cncc1CNC(=O)c1cc(Cn2cnc3ccccc32)[nH]n1. The fourth-order valence-corrected chi connectivity index (χ4v) is 2.92. The minimum absolute atomic E-state index is 0.216. The normalized spacial score (nSPS) is 11.1. The number of hydrogen-bond donors (Lipinski definition) is 2. The lowest BCUT2D eigenvalue weighted by Gasteiger charge is -2.05. The second-order valence-corrected chi connectivity index (χ2v) is 5.99. The van der Waals surface area contributed by atoms with Crippen LogP contribution in [-0.2, 0) is 19.6 Å². The lowest BCUT2D eigenvalue weighted by atomic mass is 10.3. The summed E-state index contributed by atoms with van der Waals surface area (Å²) < 4.78 is 4.00. The third-order valence-corrected chi connectivity index (χ3v) is 4.30. The smallest absolute Gasteiger partial charge is 0.272 e. The first kappa shape index (κ1) is 16.1. The minimum Gasteiger partial charge on any atom is -0.345 e. The van der Waals surface area contributed by atoms with Gasteiger partial charge in [-0.3, -0.25) is 9.89 Å². The van der Waals surface area contributed by atoms with E-state index in [2.05, 4.69) is 25.5 Å². The molecule has 0 unspecified atom stereocenters. The average molecular weight is 349 g/mol. The molecule has 0 spiro atoms. The molecule has 0 atom stereocenters. The number of carbonyl (C=O) groups excluding carboxylic acids is 1. The van der Waals surface area contributed by atoms with Crippen LogP contribution in [0.1, 0.15) is 28.8 Å². The number of aryl methyl sites for hydroxylation is 1. The number of aromatic amines is 1. The first-order valence-electron chi connectivity index (χ1n) is 8.46. The van der Waals surface area contributed by atoms with Gasteiger partial charge < -0.3 is 14.5 Å². The summed E-state index contributed by atoms with van der Waals surface area (Å²) >= 11 is 0. The Morgan fingerprint density at radius 1 is 1.23 bits per heavy atom. The second kappa shape index (κ2) is 6.83. The van der Waals surface area contributed by atoms with E-state index in [9.17, 15) is 4.79 Å². The Kier molecular flexibility index (Phi) is 4.22. The van der Waals surface area contributed by atoms with E-state index >= 15 is 0 Å². The Hall–Kier alpha value is -3.42. The molecule has 0 aliphatic carbocycles. The first-order valence-corrected chi connectivity index (χ1v) is 8.46. The van der Waals surface area contributed by atoms with E-state index in [1.54, 1.807) is 24.9 Å². The van der Waals surface area contributed by atoms with Gasteiger partial charge in [-0.05, 0) is 25.1 Å². The zero-order chi connectivity index (χ0) is 17.9. The van der Waals surface area contributed by atoms with Crippen LogP contribution in [0.15, 0.2) is 49.2 Å². The van der Waals surface area contributed by atoms with Gasteiger partial charge in [0.25, 0.3) is 5.91 Å². The number of carbonyl (C=O) groups is 1. The van der Waals surface area contributed by atoms with Crippen molar-refractivity contribution in [3.05, 3.63) is 66.3 Å². The predicted octanol–water partition coefficient (Wildman–Crippen LogP) is 1.95. The molecule has 8 heteroatoms. The molecule has 26 heavy (non-hydrogen) atoms. The molecule has 0 fully saturated rings. The molecule has 0 aliphatic rings. The van der Waals surface area contributed by atoms with Crippen LogP contribution in [0.5, 0.6) is 0 Å². The molecule has 0 saturated heterocycles. The molecule has 3 aromatic heterocycles. The van der Waals surface area contributed by atoms with Gasteiger partial charge in [-0.15, -0.1) is 0 Å². The highest BCUT2D eigenvalue weighted by molar-refractivity contribution is 5.92. The molecule has 4 aromatic rings. The van der Waals surface area contributed by atoms with Crippen molar-refractivity contribution >= 4 is 16.9 Å². The highest BCUT2D eigenvalue weighted by Gasteiger charge is 2.12. The summed E-state index contributed by atoms with van der Waals surface area (Å²) in [5.74, 6) is -0.216. The van der Waals surface area contributed by atoms with Gasteiger partial charge in [-0.25, -0.2) is 9.97 Å². The van der Waals surface area contributed by atoms with E-state index in [1.165, 1.54) is 0 Å². The maximum Gasteiger partial charge on any atom is 0.272 e. The van der Waals surface area contributed by atoms with Crippen molar-refractivity contribution in [1.29, 1.82) is 0 Å². The van der Waals surface area contributed by atoms with Crippen LogP contribution >= 0.6 is 0 Å². The van der Waals surface area contributed by atoms with Gasteiger partial charge in [0, 0.05) is 12.7 Å². The zero-order valence-corrected chi connectivity index (χ0v) is 14.4. The Bertz CT molecular complexity index is 1040. The maximum atomic E-state index is 12.3. The van der Waals surface area contributed by atoms with Crippen LogP contribution < -0.4 is 5.32 Å². The first-order chi connectivity index (χ1) is 12.7. The third kappa shape index (κ3) is 3.08. The number of rotatable bonds is 6. The van der Waals surface area contributed by atoms with Crippen molar-refractivity contribution in [3.8, 4) is 0 Å². The molecule has 1 aromatic carbocycles. The summed E-state index contributed by atoms with van der Waals surface area (Å²) in [7, 11) is 0. The fraction of sp³-hybridized carbons (Fsp3) is 0.222. The Morgan fingerprint density at radius 3 is 3.00 bits per heavy atom. The van der Waals surface area contributed by atoms with Crippen LogP contribution in [-0.4, -0.2) is 35.2 Å². The van der Waals surface area contributed by atoms with Crippen molar-refractivity contribution in [2.45, 2.75) is 26.6 Å². The summed E-state index contributed by atoms with van der Waals surface area (Å²) in [6, 6.07) is 9.69. The van der Waals surface area contributed by atoms with Gasteiger partial charge in [-0.2, -0.15) is 5.10 Å². The topological polar surface area (TPSA) is 93.4 Å². The molecule has 8 nitrogen and oxygen atoms in total. The van der Waals surface area contributed by atoms with E-state index in [4.69, 9.17) is 0 Å². The number of nitrogens with zero attached hydrogens (tertiary/aromatic N) is 5. The van der Waals surface area contributed by atoms with Gasteiger partial charge in [0.1, 0.15) is 5.69 Å². The van der Waals surface area contributed by atoms with Crippen LogP contribution in [0.2, 0.25) is 0 Å². The number of imidazole rings is 2. The summed E-state index contributed by atoms with van der Waals surface area (Å²) in [4.78, 5) is 20.8. The number of para-hydroxylation sites is 2. The fourth-order valence-electron chi connectivity index (χ4n) is 2.92. The number of amides is 1. The van der Waals surface area contributed by atoms with Crippen molar-refractivity contribution in [1.82, 2.24) is 34.6 Å². The van der Waals surface area contributed by atoms with E-state index in [0.29, 0.717) is 18.8 Å². The van der Waals surface area contributed by atoms with Crippen LogP contribution in [0, 0.1) is 0 Å². The summed E-state index contributed by atoms with van der Waals surface area (Å²) in [5, 5.41) is 9.93. The van der Waals surface area contributed by atoms with Crippen LogP contribution in [0.25, 0.3) is 11.0 Å². The van der Waals surface area contributed by atoms with E-state index < -0.39 is 0 Å². The lowest BCUT2D eigenvalue weighted by molar-refractivity contribution is 0.0945. The third-order valence-electron chi connectivity index (χ3n) is 4.30. The zero-order valence-electron chi connectivity index (χ0n) is 14.4. The standard InChI is InChI=1S/C18H19N7O/c1-2-24-11-19-8-14(24)9-20-18(26)16-7-13(22-23-16)10-25-12-21-15-5-3-4-6-17(15)25/h3-8,11-12H,2,9-10H2,1H3,(H,20,26)(H,22,23). The molecule has 3 heterocycles. The quantitative estimate of drug-likeness (QED) is 0.556. The summed E-state index contributed by atoms with van der Waals surface area (Å²) in [6.45, 7) is 3.84. The van der Waals surface area contributed by atoms with Gasteiger partial charge in [0.05, 0.1) is 48.2 Å². The van der Waals surface area contributed by atoms with Crippen molar-refractivity contribution in [2.75, 3.05) is 0 Å². The largest absolute Gasteiger partial charge is 0.345 e. The number of nitrogens with one attached hydrogen (secondary N) is 2. The molecule has 2 N–H and O–H groups in total. The highest BCUT2D eigenvalue weighted by Crippen LogP contribution is 2.13. The van der Waals surface area contributed by atoms with Crippen LogP contribution in [0.4, 0.5) is 0 Å².